The van der Waals surface area contributed by atoms with Gasteiger partial charge in [-0.2, -0.15) is 0 Å². The Morgan fingerprint density at radius 1 is 1.06 bits per heavy atom. The molecule has 1 aliphatic rings. The summed E-state index contributed by atoms with van der Waals surface area (Å²) in [6, 6.07) is 0.488. The summed E-state index contributed by atoms with van der Waals surface area (Å²) in [6.45, 7) is 9.68. The first-order chi connectivity index (χ1) is 8.41. The Morgan fingerprint density at radius 2 is 1.72 bits per heavy atom. The first-order valence-electron chi connectivity index (χ1n) is 7.07. The van der Waals surface area contributed by atoms with Crippen molar-refractivity contribution in [1.29, 1.82) is 0 Å². The fourth-order valence-corrected chi connectivity index (χ4v) is 3.65. The smallest absolute Gasteiger partial charge is 0.0556 e. The molecule has 0 spiro atoms. The van der Waals surface area contributed by atoms with Crippen LogP contribution in [-0.2, 0) is 0 Å². The molecule has 1 aliphatic carbocycles. The lowest BCUT2D eigenvalue weighted by Gasteiger charge is -2.47. The van der Waals surface area contributed by atoms with Crippen molar-refractivity contribution in [2.45, 2.75) is 46.1 Å². The van der Waals surface area contributed by atoms with Gasteiger partial charge in [-0.25, -0.2) is 0 Å². The second kappa shape index (κ2) is 6.85. The van der Waals surface area contributed by atoms with Crippen molar-refractivity contribution >= 4 is 0 Å². The average molecular weight is 258 g/mol. The summed E-state index contributed by atoms with van der Waals surface area (Å²) >= 11 is 0. The third-order valence-corrected chi connectivity index (χ3v) is 3.83. The number of rotatable bonds is 7. The van der Waals surface area contributed by atoms with Crippen molar-refractivity contribution in [2.75, 3.05) is 32.8 Å². The first-order valence-corrected chi connectivity index (χ1v) is 7.07. The maximum atomic E-state index is 8.93. The van der Waals surface area contributed by atoms with E-state index in [1.165, 1.54) is 12.8 Å². The SMILES string of the molecule is CC1(C)CC(NCCO)CC(C)(CNCCO)C1. The molecule has 0 aromatic rings. The second-order valence-corrected chi connectivity index (χ2v) is 6.83. The van der Waals surface area contributed by atoms with Crippen LogP contribution in [0.4, 0.5) is 0 Å². The molecular weight excluding hydrogens is 228 g/mol. The van der Waals surface area contributed by atoms with Crippen molar-refractivity contribution in [3.05, 3.63) is 0 Å². The van der Waals surface area contributed by atoms with E-state index in [9.17, 15) is 0 Å². The number of hydrogen-bond acceptors (Lipinski definition) is 4. The Kier molecular flexibility index (Phi) is 6.05. The van der Waals surface area contributed by atoms with E-state index in [1.54, 1.807) is 0 Å². The lowest BCUT2D eigenvalue weighted by atomic mass is 9.62. The summed E-state index contributed by atoms with van der Waals surface area (Å²) in [5.41, 5.74) is 0.602. The Morgan fingerprint density at radius 3 is 2.33 bits per heavy atom. The van der Waals surface area contributed by atoms with Gasteiger partial charge < -0.3 is 20.8 Å². The average Bonchev–Trinajstić information content (AvgIpc) is 2.24. The van der Waals surface area contributed by atoms with Gasteiger partial charge in [0.25, 0.3) is 0 Å². The molecule has 0 bridgehead atoms. The van der Waals surface area contributed by atoms with Gasteiger partial charge in [-0.05, 0) is 30.1 Å². The van der Waals surface area contributed by atoms with E-state index >= 15 is 0 Å². The summed E-state index contributed by atoms with van der Waals surface area (Å²) < 4.78 is 0. The van der Waals surface area contributed by atoms with E-state index < -0.39 is 0 Å². The molecule has 4 N–H and O–H groups in total. The molecule has 4 heteroatoms. The molecule has 0 radical (unpaired) electrons. The molecule has 1 fully saturated rings. The molecule has 0 saturated heterocycles. The van der Waals surface area contributed by atoms with Crippen molar-refractivity contribution in [3.63, 3.8) is 0 Å². The van der Waals surface area contributed by atoms with Crippen LogP contribution >= 0.6 is 0 Å². The summed E-state index contributed by atoms with van der Waals surface area (Å²) in [7, 11) is 0. The van der Waals surface area contributed by atoms with E-state index in [4.69, 9.17) is 10.2 Å². The van der Waals surface area contributed by atoms with Crippen LogP contribution in [0.25, 0.3) is 0 Å². The van der Waals surface area contributed by atoms with Gasteiger partial charge in [0, 0.05) is 25.7 Å². The maximum Gasteiger partial charge on any atom is 0.0556 e. The van der Waals surface area contributed by atoms with Crippen molar-refractivity contribution < 1.29 is 10.2 Å². The van der Waals surface area contributed by atoms with Crippen molar-refractivity contribution in [2.24, 2.45) is 10.8 Å². The van der Waals surface area contributed by atoms with E-state index in [-0.39, 0.29) is 18.6 Å². The highest BCUT2D eigenvalue weighted by atomic mass is 16.3. The van der Waals surface area contributed by atoms with Crippen LogP contribution in [0.15, 0.2) is 0 Å². The minimum Gasteiger partial charge on any atom is -0.395 e. The number of aliphatic hydroxyl groups is 2. The van der Waals surface area contributed by atoms with Gasteiger partial charge in [0.15, 0.2) is 0 Å². The molecule has 4 nitrogen and oxygen atoms in total. The van der Waals surface area contributed by atoms with Gasteiger partial charge in [-0.3, -0.25) is 0 Å². The van der Waals surface area contributed by atoms with Crippen LogP contribution < -0.4 is 10.6 Å². The number of hydrogen-bond donors (Lipinski definition) is 4. The predicted octanol–water partition coefficient (Wildman–Crippen LogP) is 0.735. The standard InChI is InChI=1S/C14H30N2O2/c1-13(2)8-12(16-5-7-18)9-14(3,10-13)11-15-4-6-17/h12,15-18H,4-11H2,1-3H3. The molecule has 0 aromatic carbocycles. The van der Waals surface area contributed by atoms with Crippen molar-refractivity contribution in [3.8, 4) is 0 Å². The van der Waals surface area contributed by atoms with Crippen LogP contribution in [0.3, 0.4) is 0 Å². The Bertz CT molecular complexity index is 246. The van der Waals surface area contributed by atoms with Crippen LogP contribution in [-0.4, -0.2) is 49.1 Å². The van der Waals surface area contributed by atoms with Gasteiger partial charge in [0.05, 0.1) is 13.2 Å². The van der Waals surface area contributed by atoms with Crippen LogP contribution in [0, 0.1) is 10.8 Å². The minimum atomic E-state index is 0.200. The molecule has 2 unspecified atom stereocenters. The molecule has 0 amide bonds. The summed E-state index contributed by atoms with van der Waals surface area (Å²) in [5, 5.41) is 24.6. The van der Waals surface area contributed by atoms with Gasteiger partial charge >= 0.3 is 0 Å². The number of aliphatic hydroxyl groups excluding tert-OH is 2. The molecule has 1 saturated carbocycles. The van der Waals surface area contributed by atoms with E-state index in [2.05, 4.69) is 31.4 Å². The summed E-state index contributed by atoms with van der Waals surface area (Å²) in [5.74, 6) is 0. The molecule has 18 heavy (non-hydrogen) atoms. The topological polar surface area (TPSA) is 64.5 Å². The fourth-order valence-electron chi connectivity index (χ4n) is 3.65. The Hall–Kier alpha value is -0.160. The first kappa shape index (κ1) is 15.9. The highest BCUT2D eigenvalue weighted by Gasteiger charge is 2.40. The lowest BCUT2D eigenvalue weighted by molar-refractivity contribution is 0.0677. The summed E-state index contributed by atoms with van der Waals surface area (Å²) in [4.78, 5) is 0. The minimum absolute atomic E-state index is 0.200. The van der Waals surface area contributed by atoms with E-state index in [1.807, 2.05) is 0 Å². The molecule has 0 heterocycles. The monoisotopic (exact) mass is 258 g/mol. The normalized spacial score (nSPS) is 31.5. The largest absolute Gasteiger partial charge is 0.395 e. The quantitative estimate of drug-likeness (QED) is 0.509. The van der Waals surface area contributed by atoms with E-state index in [0.29, 0.717) is 24.5 Å². The van der Waals surface area contributed by atoms with Gasteiger partial charge in [-0.15, -0.1) is 0 Å². The molecule has 0 aliphatic heterocycles. The molecule has 108 valence electrons. The Labute approximate surface area is 111 Å². The van der Waals surface area contributed by atoms with E-state index in [0.717, 1.165) is 13.0 Å². The zero-order valence-electron chi connectivity index (χ0n) is 12.1. The van der Waals surface area contributed by atoms with Crippen LogP contribution in [0.1, 0.15) is 40.0 Å². The van der Waals surface area contributed by atoms with Gasteiger partial charge in [-0.1, -0.05) is 20.8 Å². The zero-order valence-corrected chi connectivity index (χ0v) is 12.1. The van der Waals surface area contributed by atoms with Crippen LogP contribution in [0.5, 0.6) is 0 Å². The van der Waals surface area contributed by atoms with Crippen molar-refractivity contribution in [1.82, 2.24) is 10.6 Å². The highest BCUT2D eigenvalue weighted by molar-refractivity contribution is 4.95. The Balaban J connectivity index is 2.55. The summed E-state index contributed by atoms with van der Waals surface area (Å²) in [6.07, 6.45) is 3.51. The van der Waals surface area contributed by atoms with Crippen LogP contribution in [0.2, 0.25) is 0 Å². The number of nitrogens with one attached hydrogen (secondary N) is 2. The lowest BCUT2D eigenvalue weighted by Crippen LogP contribution is -2.49. The molecule has 1 rings (SSSR count). The fraction of sp³-hybridized carbons (Fsp3) is 1.00. The zero-order chi connectivity index (χ0) is 13.6. The second-order valence-electron chi connectivity index (χ2n) is 6.83. The molecular formula is C14H30N2O2. The van der Waals surface area contributed by atoms with Gasteiger partial charge in [0.2, 0.25) is 0 Å². The molecule has 0 aromatic heterocycles. The maximum absolute atomic E-state index is 8.93. The molecule has 2 atom stereocenters. The highest BCUT2D eigenvalue weighted by Crippen LogP contribution is 2.45. The third-order valence-electron chi connectivity index (χ3n) is 3.83. The third kappa shape index (κ3) is 5.22. The van der Waals surface area contributed by atoms with Gasteiger partial charge in [0.1, 0.15) is 0 Å². The predicted molar refractivity (Wildman–Crippen MR) is 74.6 cm³/mol.